The van der Waals surface area contributed by atoms with Crippen LogP contribution in [0.15, 0.2) is 35.7 Å². The summed E-state index contributed by atoms with van der Waals surface area (Å²) < 4.78 is 5.76. The number of nitrogens with two attached hydrogens (primary N) is 1. The summed E-state index contributed by atoms with van der Waals surface area (Å²) in [5, 5.41) is 2.56. The molecule has 2 atom stereocenters. The van der Waals surface area contributed by atoms with E-state index >= 15 is 0 Å². The number of carbonyl (C=O) groups is 1. The van der Waals surface area contributed by atoms with Crippen LogP contribution in [0.25, 0.3) is 0 Å². The molecule has 1 aromatic carbocycles. The van der Waals surface area contributed by atoms with Crippen LogP contribution in [0.5, 0.6) is 0 Å². The highest BCUT2D eigenvalue weighted by Gasteiger charge is 2.33. The quantitative estimate of drug-likeness (QED) is 0.921. The molecular weight excluding hydrogens is 334 g/mol. The van der Waals surface area contributed by atoms with E-state index in [9.17, 15) is 4.79 Å². The number of rotatable bonds is 3. The van der Waals surface area contributed by atoms with E-state index in [-0.39, 0.29) is 30.5 Å². The maximum absolute atomic E-state index is 12.8. The molecule has 1 aliphatic heterocycles. The number of amides is 1. The summed E-state index contributed by atoms with van der Waals surface area (Å²) in [6.07, 6.45) is 0.0246. The van der Waals surface area contributed by atoms with Gasteiger partial charge in [-0.1, -0.05) is 30.3 Å². The van der Waals surface area contributed by atoms with Gasteiger partial charge in [0.05, 0.1) is 18.8 Å². The van der Waals surface area contributed by atoms with Crippen molar-refractivity contribution in [3.8, 4) is 0 Å². The van der Waals surface area contributed by atoms with Gasteiger partial charge in [0, 0.05) is 18.5 Å². The molecule has 0 aliphatic carbocycles. The van der Waals surface area contributed by atoms with Crippen molar-refractivity contribution in [3.63, 3.8) is 0 Å². The van der Waals surface area contributed by atoms with E-state index in [0.717, 1.165) is 10.6 Å². The van der Waals surface area contributed by atoms with Gasteiger partial charge in [0.15, 0.2) is 0 Å². The van der Waals surface area contributed by atoms with Crippen molar-refractivity contribution in [2.24, 2.45) is 5.73 Å². The molecule has 3 rings (SSSR count). The van der Waals surface area contributed by atoms with Crippen molar-refractivity contribution in [1.82, 2.24) is 9.88 Å². The van der Waals surface area contributed by atoms with Gasteiger partial charge in [-0.2, -0.15) is 0 Å². The molecule has 1 aliphatic rings. The van der Waals surface area contributed by atoms with E-state index in [0.29, 0.717) is 25.4 Å². The Morgan fingerprint density at radius 3 is 2.83 bits per heavy atom. The van der Waals surface area contributed by atoms with Crippen LogP contribution >= 0.6 is 23.7 Å². The van der Waals surface area contributed by atoms with Crippen molar-refractivity contribution >= 4 is 29.7 Å². The lowest BCUT2D eigenvalue weighted by molar-refractivity contribution is -0.0449. The molecule has 5 nitrogen and oxygen atoms in total. The normalized spacial score (nSPS) is 20.9. The van der Waals surface area contributed by atoms with Crippen LogP contribution in [0.4, 0.5) is 0 Å². The molecular formula is C16H20ClN3O2S. The third-order valence-corrected chi connectivity index (χ3v) is 4.63. The van der Waals surface area contributed by atoms with Crippen LogP contribution in [-0.2, 0) is 11.3 Å². The summed E-state index contributed by atoms with van der Waals surface area (Å²) in [7, 11) is 0. The van der Waals surface area contributed by atoms with Gasteiger partial charge in [-0.05, 0) is 12.5 Å². The van der Waals surface area contributed by atoms with Gasteiger partial charge in [-0.25, -0.2) is 4.98 Å². The Hall–Kier alpha value is -1.47. The Balaban J connectivity index is 0.00000192. The largest absolute Gasteiger partial charge is 0.374 e. The Morgan fingerprint density at radius 1 is 1.43 bits per heavy atom. The van der Waals surface area contributed by atoms with Crippen molar-refractivity contribution in [2.75, 3.05) is 13.2 Å². The summed E-state index contributed by atoms with van der Waals surface area (Å²) in [6, 6.07) is 9.90. The van der Waals surface area contributed by atoms with Gasteiger partial charge in [0.25, 0.3) is 5.91 Å². The van der Waals surface area contributed by atoms with Crippen molar-refractivity contribution in [2.45, 2.75) is 25.6 Å². The van der Waals surface area contributed by atoms with Crippen LogP contribution in [0, 0.1) is 0 Å². The Morgan fingerprint density at radius 2 is 2.17 bits per heavy atom. The number of thiazole rings is 1. The molecule has 23 heavy (non-hydrogen) atoms. The topological polar surface area (TPSA) is 68.5 Å². The zero-order valence-corrected chi connectivity index (χ0v) is 14.5. The predicted octanol–water partition coefficient (Wildman–Crippen LogP) is 2.63. The molecule has 124 valence electrons. The molecule has 2 heterocycles. The summed E-state index contributed by atoms with van der Waals surface area (Å²) in [5.41, 5.74) is 7.14. The fraction of sp³-hybridized carbons (Fsp3) is 0.375. The molecule has 7 heteroatoms. The smallest absolute Gasteiger partial charge is 0.274 e. The van der Waals surface area contributed by atoms with E-state index in [2.05, 4.69) is 4.98 Å². The SMILES string of the molecule is CC1CN(C(=O)c2csc(CN)n2)C(c2ccccc2)CO1.Cl. The van der Waals surface area contributed by atoms with Crippen LogP contribution in [-0.4, -0.2) is 35.0 Å². The van der Waals surface area contributed by atoms with E-state index < -0.39 is 0 Å². The minimum absolute atomic E-state index is 0. The lowest BCUT2D eigenvalue weighted by Crippen LogP contribution is -2.46. The molecule has 2 unspecified atom stereocenters. The lowest BCUT2D eigenvalue weighted by Gasteiger charge is -2.38. The van der Waals surface area contributed by atoms with E-state index in [1.165, 1.54) is 11.3 Å². The number of halogens is 1. The molecule has 2 aromatic rings. The highest BCUT2D eigenvalue weighted by Crippen LogP contribution is 2.28. The molecule has 0 radical (unpaired) electrons. The zero-order valence-electron chi connectivity index (χ0n) is 12.8. The van der Waals surface area contributed by atoms with Gasteiger partial charge in [-0.15, -0.1) is 23.7 Å². The fourth-order valence-electron chi connectivity index (χ4n) is 2.63. The molecule has 1 aromatic heterocycles. The van der Waals surface area contributed by atoms with Gasteiger partial charge in [0.2, 0.25) is 0 Å². The number of hydrogen-bond acceptors (Lipinski definition) is 5. The molecule has 2 N–H and O–H groups in total. The van der Waals surface area contributed by atoms with Gasteiger partial charge < -0.3 is 15.4 Å². The Bertz CT molecular complexity index is 650. The molecule has 1 amide bonds. The predicted molar refractivity (Wildman–Crippen MR) is 92.9 cm³/mol. The van der Waals surface area contributed by atoms with Crippen molar-refractivity contribution in [1.29, 1.82) is 0 Å². The number of hydrogen-bond donors (Lipinski definition) is 1. The average Bonchev–Trinajstić information content (AvgIpc) is 3.04. The number of aromatic nitrogens is 1. The zero-order chi connectivity index (χ0) is 15.5. The second-order valence-electron chi connectivity index (χ2n) is 5.36. The van der Waals surface area contributed by atoms with Gasteiger partial charge in [-0.3, -0.25) is 4.79 Å². The van der Waals surface area contributed by atoms with E-state index in [1.807, 2.05) is 42.2 Å². The van der Waals surface area contributed by atoms with Gasteiger partial charge >= 0.3 is 0 Å². The number of carbonyl (C=O) groups excluding carboxylic acids is 1. The Kier molecular flexibility index (Phi) is 6.12. The van der Waals surface area contributed by atoms with Gasteiger partial charge in [0.1, 0.15) is 10.7 Å². The first-order valence-corrected chi connectivity index (χ1v) is 8.19. The summed E-state index contributed by atoms with van der Waals surface area (Å²) in [5.74, 6) is -0.0556. The fourth-order valence-corrected chi connectivity index (χ4v) is 3.28. The van der Waals surface area contributed by atoms with Crippen LogP contribution < -0.4 is 5.73 Å². The first-order valence-electron chi connectivity index (χ1n) is 7.31. The minimum Gasteiger partial charge on any atom is -0.374 e. The number of ether oxygens (including phenoxy) is 1. The van der Waals surface area contributed by atoms with E-state index in [4.69, 9.17) is 10.5 Å². The summed E-state index contributed by atoms with van der Waals surface area (Å²) >= 11 is 1.42. The Labute approximate surface area is 145 Å². The first-order chi connectivity index (χ1) is 10.7. The summed E-state index contributed by atoms with van der Waals surface area (Å²) in [6.45, 7) is 3.41. The molecule has 0 bridgehead atoms. The third-order valence-electron chi connectivity index (χ3n) is 3.76. The molecule has 0 saturated carbocycles. The van der Waals surface area contributed by atoms with Crippen LogP contribution in [0.2, 0.25) is 0 Å². The number of benzene rings is 1. The minimum atomic E-state index is -0.0760. The maximum atomic E-state index is 12.8. The second-order valence-corrected chi connectivity index (χ2v) is 6.30. The molecule has 0 spiro atoms. The number of morpholine rings is 1. The van der Waals surface area contributed by atoms with Crippen molar-refractivity contribution in [3.05, 3.63) is 52.0 Å². The molecule has 1 saturated heterocycles. The lowest BCUT2D eigenvalue weighted by atomic mass is 10.0. The van der Waals surface area contributed by atoms with Crippen LogP contribution in [0.1, 0.15) is 34.0 Å². The monoisotopic (exact) mass is 353 g/mol. The van der Waals surface area contributed by atoms with E-state index in [1.54, 1.807) is 5.38 Å². The third kappa shape index (κ3) is 3.90. The highest BCUT2D eigenvalue weighted by molar-refractivity contribution is 7.09. The first kappa shape index (κ1) is 17.9. The number of nitrogens with zero attached hydrogens (tertiary/aromatic N) is 2. The maximum Gasteiger partial charge on any atom is 0.274 e. The standard InChI is InChI=1S/C16H19N3O2S.ClH/c1-11-8-19(16(20)13-10-22-15(7-17)18-13)14(9-21-11)12-5-3-2-4-6-12;/h2-6,10-11,14H,7-9,17H2,1H3;1H. The highest BCUT2D eigenvalue weighted by atomic mass is 35.5. The van der Waals surface area contributed by atoms with Crippen LogP contribution in [0.3, 0.4) is 0 Å². The second kappa shape index (κ2) is 7.88. The average molecular weight is 354 g/mol. The van der Waals surface area contributed by atoms with Crippen molar-refractivity contribution < 1.29 is 9.53 Å². The summed E-state index contributed by atoms with van der Waals surface area (Å²) in [4.78, 5) is 19.0. The molecule has 1 fully saturated rings.